The zero-order chi connectivity index (χ0) is 20.3. The molecule has 2 aromatic carbocycles. The average Bonchev–Trinajstić information content (AvgIpc) is 3.14. The number of nitrogens with one attached hydrogen (secondary N) is 2. The Hall–Kier alpha value is -2.74. The van der Waals surface area contributed by atoms with Crippen LogP contribution in [0.4, 0.5) is 0 Å². The summed E-state index contributed by atoms with van der Waals surface area (Å²) >= 11 is 0. The van der Waals surface area contributed by atoms with Crippen LogP contribution in [0.5, 0.6) is 0 Å². The number of nitrogens with zero attached hydrogens (tertiary/aromatic N) is 1. The number of hydrogen-bond acceptors (Lipinski definition) is 5. The molecule has 29 heavy (non-hydrogen) atoms. The molecule has 0 aliphatic rings. The molecular formula is C22H23N3O3S. The molecule has 0 bridgehead atoms. The van der Waals surface area contributed by atoms with Gasteiger partial charge in [-0.2, -0.15) is 0 Å². The minimum Gasteiger partial charge on any atom is -0.464 e. The third kappa shape index (κ3) is 4.48. The second kappa shape index (κ2) is 8.32. The summed E-state index contributed by atoms with van der Waals surface area (Å²) in [5, 5.41) is 6.19. The summed E-state index contributed by atoms with van der Waals surface area (Å²) < 4.78 is 33.7. The monoisotopic (exact) mass is 409 g/mol. The fourth-order valence-corrected chi connectivity index (χ4v) is 4.65. The van der Waals surface area contributed by atoms with Gasteiger partial charge in [0, 0.05) is 35.8 Å². The van der Waals surface area contributed by atoms with Crippen LogP contribution < -0.4 is 10.0 Å². The summed E-state index contributed by atoms with van der Waals surface area (Å²) in [5.74, 6) is 0. The van der Waals surface area contributed by atoms with Crippen molar-refractivity contribution < 1.29 is 12.8 Å². The highest BCUT2D eigenvalue weighted by atomic mass is 32.2. The number of fused-ring (bicyclic) bond motifs is 2. The second-order valence-corrected chi connectivity index (χ2v) is 8.83. The molecule has 4 aromatic rings. The van der Waals surface area contributed by atoms with Crippen molar-refractivity contribution in [3.05, 3.63) is 72.8 Å². The van der Waals surface area contributed by atoms with E-state index in [0.29, 0.717) is 6.54 Å². The Bertz CT molecular complexity index is 1230. The maximum absolute atomic E-state index is 12.7. The van der Waals surface area contributed by atoms with Crippen molar-refractivity contribution in [3.8, 4) is 0 Å². The van der Waals surface area contributed by atoms with Crippen LogP contribution in [0.2, 0.25) is 0 Å². The lowest BCUT2D eigenvalue weighted by atomic mass is 10.1. The van der Waals surface area contributed by atoms with E-state index in [4.69, 9.17) is 4.42 Å². The Morgan fingerprint density at radius 1 is 1.10 bits per heavy atom. The number of para-hydroxylation sites is 1. The second-order valence-electron chi connectivity index (χ2n) is 7.12. The molecule has 6 nitrogen and oxygen atoms in total. The van der Waals surface area contributed by atoms with Crippen molar-refractivity contribution in [1.29, 1.82) is 0 Å². The number of rotatable bonds is 8. The molecule has 0 radical (unpaired) electrons. The number of sulfonamides is 1. The van der Waals surface area contributed by atoms with Crippen LogP contribution in [0.3, 0.4) is 0 Å². The standard InChI is InChI=1S/C22H23N3O3S/c1-16(13-23-11-9-19-15-28-22-5-3-2-4-21(19)22)25-29(26,27)20-7-6-18-14-24-10-8-17(18)12-20/h2-8,10,12,14-16,23,25H,9,11,13H2,1H3/t16-/m1/s1. The van der Waals surface area contributed by atoms with E-state index in [1.165, 1.54) is 0 Å². The molecule has 0 amide bonds. The number of benzene rings is 2. The van der Waals surface area contributed by atoms with Gasteiger partial charge in [-0.1, -0.05) is 24.3 Å². The first-order valence-electron chi connectivity index (χ1n) is 9.55. The summed E-state index contributed by atoms with van der Waals surface area (Å²) in [6.45, 7) is 3.12. The highest BCUT2D eigenvalue weighted by Crippen LogP contribution is 2.21. The van der Waals surface area contributed by atoms with E-state index in [2.05, 4.69) is 15.0 Å². The topological polar surface area (TPSA) is 84.2 Å². The predicted octanol–water partition coefficient (Wildman–Crippen LogP) is 3.48. The molecule has 150 valence electrons. The molecule has 0 unspecified atom stereocenters. The van der Waals surface area contributed by atoms with Crippen molar-refractivity contribution in [1.82, 2.24) is 15.0 Å². The first kappa shape index (κ1) is 19.6. The quantitative estimate of drug-likeness (QED) is 0.435. The molecular weight excluding hydrogens is 386 g/mol. The Morgan fingerprint density at radius 2 is 1.97 bits per heavy atom. The maximum atomic E-state index is 12.7. The number of pyridine rings is 1. The molecule has 1 atom stereocenters. The maximum Gasteiger partial charge on any atom is 0.240 e. The molecule has 0 aliphatic heterocycles. The highest BCUT2D eigenvalue weighted by molar-refractivity contribution is 7.89. The van der Waals surface area contributed by atoms with Gasteiger partial charge in [0.2, 0.25) is 10.0 Å². The molecule has 2 heterocycles. The Morgan fingerprint density at radius 3 is 2.86 bits per heavy atom. The number of aromatic nitrogens is 1. The van der Waals surface area contributed by atoms with Gasteiger partial charge in [0.05, 0.1) is 11.2 Å². The molecule has 2 N–H and O–H groups in total. The smallest absolute Gasteiger partial charge is 0.240 e. The third-order valence-electron chi connectivity index (χ3n) is 4.86. The van der Waals surface area contributed by atoms with Gasteiger partial charge in [0.15, 0.2) is 0 Å². The van der Waals surface area contributed by atoms with Crippen LogP contribution in [-0.4, -0.2) is 32.5 Å². The van der Waals surface area contributed by atoms with E-state index in [1.807, 2.05) is 31.2 Å². The van der Waals surface area contributed by atoms with E-state index in [1.54, 1.807) is 42.9 Å². The highest BCUT2D eigenvalue weighted by Gasteiger charge is 2.17. The summed E-state index contributed by atoms with van der Waals surface area (Å²) in [5.41, 5.74) is 2.03. The van der Waals surface area contributed by atoms with Crippen molar-refractivity contribution >= 4 is 31.8 Å². The van der Waals surface area contributed by atoms with Gasteiger partial charge in [-0.15, -0.1) is 0 Å². The third-order valence-corrected chi connectivity index (χ3v) is 6.45. The Kier molecular flexibility index (Phi) is 5.62. The zero-order valence-corrected chi connectivity index (χ0v) is 16.9. The first-order valence-corrected chi connectivity index (χ1v) is 11.0. The summed E-state index contributed by atoms with van der Waals surface area (Å²) in [7, 11) is -3.59. The van der Waals surface area contributed by atoms with Crippen LogP contribution in [0.1, 0.15) is 12.5 Å². The largest absolute Gasteiger partial charge is 0.464 e. The molecule has 0 fully saturated rings. The lowest BCUT2D eigenvalue weighted by Crippen LogP contribution is -2.40. The molecule has 7 heteroatoms. The Balaban J connectivity index is 1.32. The zero-order valence-electron chi connectivity index (χ0n) is 16.1. The van der Waals surface area contributed by atoms with Crippen LogP contribution in [0.25, 0.3) is 21.7 Å². The van der Waals surface area contributed by atoms with Gasteiger partial charge in [0.1, 0.15) is 5.58 Å². The van der Waals surface area contributed by atoms with Crippen molar-refractivity contribution in [2.75, 3.05) is 13.1 Å². The summed E-state index contributed by atoms with van der Waals surface area (Å²) in [6.07, 6.45) is 5.97. The van der Waals surface area contributed by atoms with Gasteiger partial charge >= 0.3 is 0 Å². The van der Waals surface area contributed by atoms with Gasteiger partial charge in [-0.25, -0.2) is 13.1 Å². The minimum absolute atomic E-state index is 0.241. The lowest BCUT2D eigenvalue weighted by Gasteiger charge is -2.15. The fourth-order valence-electron chi connectivity index (χ4n) is 3.37. The van der Waals surface area contributed by atoms with E-state index >= 15 is 0 Å². The van der Waals surface area contributed by atoms with Crippen molar-refractivity contribution in [3.63, 3.8) is 0 Å². The molecule has 0 saturated heterocycles. The molecule has 0 spiro atoms. The fraction of sp³-hybridized carbons (Fsp3) is 0.227. The van der Waals surface area contributed by atoms with Crippen LogP contribution >= 0.6 is 0 Å². The van der Waals surface area contributed by atoms with E-state index in [9.17, 15) is 8.42 Å². The molecule has 4 rings (SSSR count). The SMILES string of the molecule is C[C@H](CNCCc1coc2ccccc12)NS(=O)(=O)c1ccc2cnccc2c1. The van der Waals surface area contributed by atoms with E-state index in [0.717, 1.165) is 40.3 Å². The first-order chi connectivity index (χ1) is 14.0. The van der Waals surface area contributed by atoms with Gasteiger partial charge < -0.3 is 9.73 Å². The van der Waals surface area contributed by atoms with E-state index in [-0.39, 0.29) is 10.9 Å². The van der Waals surface area contributed by atoms with Crippen LogP contribution in [0, 0.1) is 0 Å². The normalized spacial score (nSPS) is 13.1. The molecule has 0 aliphatic carbocycles. The van der Waals surface area contributed by atoms with Crippen molar-refractivity contribution in [2.24, 2.45) is 0 Å². The van der Waals surface area contributed by atoms with Gasteiger partial charge in [0.25, 0.3) is 0 Å². The van der Waals surface area contributed by atoms with Crippen LogP contribution in [-0.2, 0) is 16.4 Å². The average molecular weight is 410 g/mol. The van der Waals surface area contributed by atoms with Crippen molar-refractivity contribution in [2.45, 2.75) is 24.3 Å². The summed E-state index contributed by atoms with van der Waals surface area (Å²) in [6, 6.07) is 14.6. The minimum atomic E-state index is -3.59. The van der Waals surface area contributed by atoms with Crippen LogP contribution in [0.15, 0.2) is 76.5 Å². The molecule has 2 aromatic heterocycles. The van der Waals surface area contributed by atoms with Gasteiger partial charge in [-0.05, 0) is 55.1 Å². The number of furan rings is 1. The molecule has 0 saturated carbocycles. The Labute approximate surface area is 170 Å². The van der Waals surface area contributed by atoms with Gasteiger partial charge in [-0.3, -0.25) is 4.98 Å². The number of hydrogen-bond donors (Lipinski definition) is 2. The lowest BCUT2D eigenvalue weighted by molar-refractivity contribution is 0.537. The van der Waals surface area contributed by atoms with E-state index < -0.39 is 10.0 Å². The predicted molar refractivity (Wildman–Crippen MR) is 114 cm³/mol. The summed E-state index contributed by atoms with van der Waals surface area (Å²) in [4.78, 5) is 4.31.